The summed E-state index contributed by atoms with van der Waals surface area (Å²) < 4.78 is 28.8. The summed E-state index contributed by atoms with van der Waals surface area (Å²) in [6, 6.07) is 7.03. The van der Waals surface area contributed by atoms with Crippen molar-refractivity contribution in [2.45, 2.75) is 50.5 Å². The van der Waals surface area contributed by atoms with Gasteiger partial charge in [0.25, 0.3) is 15.9 Å². The molecule has 0 unspecified atom stereocenters. The predicted molar refractivity (Wildman–Crippen MR) is 129 cm³/mol. The van der Waals surface area contributed by atoms with Crippen LogP contribution in [0.15, 0.2) is 35.5 Å². The van der Waals surface area contributed by atoms with Crippen molar-refractivity contribution in [2.75, 3.05) is 31.5 Å². The number of piperidine rings is 1. The smallest absolute Gasteiger partial charge is 0.262 e. The zero-order valence-corrected chi connectivity index (χ0v) is 20.7. The van der Waals surface area contributed by atoms with E-state index in [2.05, 4.69) is 10.3 Å². The van der Waals surface area contributed by atoms with Crippen LogP contribution < -0.4 is 5.32 Å². The largest absolute Gasteiger partial charge is 0.339 e. The number of hydrogen-bond acceptors (Lipinski definition) is 5. The van der Waals surface area contributed by atoms with Gasteiger partial charge in [0.2, 0.25) is 5.91 Å². The summed E-state index contributed by atoms with van der Waals surface area (Å²) in [6.45, 7) is 3.91. The third-order valence-corrected chi connectivity index (χ3v) is 8.58. The molecular weight excluding hydrogens is 454 g/mol. The monoisotopic (exact) mass is 487 g/mol. The highest BCUT2D eigenvalue weighted by molar-refractivity contribution is 7.89. The maximum absolute atomic E-state index is 12.9. The summed E-state index contributed by atoms with van der Waals surface area (Å²) in [6.07, 6.45) is 6.84. The summed E-state index contributed by atoms with van der Waals surface area (Å²) in [5.41, 5.74) is 1.26. The molecule has 2 aromatic rings. The molecule has 4 rings (SSSR count). The van der Waals surface area contributed by atoms with Crippen LogP contribution >= 0.6 is 0 Å². The van der Waals surface area contributed by atoms with Crippen LogP contribution in [0.1, 0.15) is 54.7 Å². The van der Waals surface area contributed by atoms with Gasteiger partial charge in [0.05, 0.1) is 0 Å². The number of anilines is 1. The van der Waals surface area contributed by atoms with Crippen molar-refractivity contribution < 1.29 is 18.0 Å². The summed E-state index contributed by atoms with van der Waals surface area (Å²) in [5.74, 6) is 0.274. The first-order valence-corrected chi connectivity index (χ1v) is 13.4. The molecule has 1 aromatic carbocycles. The Hall–Kier alpha value is -2.72. The van der Waals surface area contributed by atoms with Crippen LogP contribution in [-0.4, -0.2) is 65.2 Å². The first-order valence-electron chi connectivity index (χ1n) is 12.0. The van der Waals surface area contributed by atoms with Crippen molar-refractivity contribution >= 4 is 27.5 Å². The van der Waals surface area contributed by atoms with Gasteiger partial charge in [-0.1, -0.05) is 12.8 Å². The molecule has 0 aliphatic carbocycles. The second-order valence-electron chi connectivity index (χ2n) is 9.19. The van der Waals surface area contributed by atoms with Gasteiger partial charge in [-0.15, -0.1) is 0 Å². The van der Waals surface area contributed by atoms with Crippen LogP contribution in [0.3, 0.4) is 0 Å². The van der Waals surface area contributed by atoms with Crippen molar-refractivity contribution in [2.24, 2.45) is 13.0 Å². The molecule has 1 N–H and O–H groups in total. The highest BCUT2D eigenvalue weighted by Gasteiger charge is 2.33. The topological polar surface area (TPSA) is 105 Å². The average Bonchev–Trinajstić information content (AvgIpc) is 3.03. The SMILES string of the molecule is Cc1nc(S(=O)(=O)N2CCC(C(=O)Nc3ccc(C(=O)N4CCCCCC4)cc3)CC2)cn1C. The Morgan fingerprint density at radius 3 is 2.15 bits per heavy atom. The van der Waals surface area contributed by atoms with E-state index in [4.69, 9.17) is 0 Å². The van der Waals surface area contributed by atoms with Crippen molar-refractivity contribution in [1.82, 2.24) is 18.8 Å². The molecule has 0 spiro atoms. The number of likely N-dealkylation sites (tertiary alicyclic amines) is 1. The van der Waals surface area contributed by atoms with Gasteiger partial charge in [-0.2, -0.15) is 4.31 Å². The van der Waals surface area contributed by atoms with E-state index >= 15 is 0 Å². The van der Waals surface area contributed by atoms with E-state index < -0.39 is 10.0 Å². The second kappa shape index (κ2) is 10.3. The van der Waals surface area contributed by atoms with Crippen LogP contribution in [0.4, 0.5) is 5.69 Å². The first kappa shape index (κ1) is 24.4. The molecule has 2 saturated heterocycles. The summed E-state index contributed by atoms with van der Waals surface area (Å²) in [4.78, 5) is 31.6. The third-order valence-electron chi connectivity index (χ3n) is 6.81. The molecule has 0 bridgehead atoms. The number of carbonyl (C=O) groups excluding carboxylic acids is 2. The molecule has 184 valence electrons. The van der Waals surface area contributed by atoms with E-state index in [-0.39, 0.29) is 35.8 Å². The van der Waals surface area contributed by atoms with Gasteiger partial charge in [0.1, 0.15) is 5.82 Å². The molecule has 34 heavy (non-hydrogen) atoms. The van der Waals surface area contributed by atoms with Crippen molar-refractivity contribution in [1.29, 1.82) is 0 Å². The van der Waals surface area contributed by atoms with E-state index in [1.54, 1.807) is 42.8 Å². The van der Waals surface area contributed by atoms with Gasteiger partial charge in [-0.3, -0.25) is 9.59 Å². The van der Waals surface area contributed by atoms with Gasteiger partial charge >= 0.3 is 0 Å². The Bertz CT molecular complexity index is 1110. The van der Waals surface area contributed by atoms with Gasteiger partial charge in [0, 0.05) is 56.6 Å². The van der Waals surface area contributed by atoms with E-state index in [9.17, 15) is 18.0 Å². The maximum atomic E-state index is 12.9. The standard InChI is InChI=1S/C24H33N5O4S/c1-18-25-22(17-27(18)2)34(32,33)29-15-11-19(12-16-29)23(30)26-21-9-7-20(8-10-21)24(31)28-13-5-3-4-6-14-28/h7-10,17,19H,3-6,11-16H2,1-2H3,(H,26,30). The number of imidazole rings is 1. The number of carbonyl (C=O) groups is 2. The molecule has 0 atom stereocenters. The number of amides is 2. The van der Waals surface area contributed by atoms with Crippen molar-refractivity contribution in [3.8, 4) is 0 Å². The molecule has 2 amide bonds. The lowest BCUT2D eigenvalue weighted by atomic mass is 9.97. The van der Waals surface area contributed by atoms with Crippen LogP contribution in [0.25, 0.3) is 0 Å². The lowest BCUT2D eigenvalue weighted by Crippen LogP contribution is -2.41. The first-order chi connectivity index (χ1) is 16.3. The lowest BCUT2D eigenvalue weighted by molar-refractivity contribution is -0.120. The molecular formula is C24H33N5O4S. The molecule has 3 heterocycles. The van der Waals surface area contributed by atoms with Gasteiger partial charge in [0.15, 0.2) is 5.03 Å². The van der Waals surface area contributed by atoms with Crippen LogP contribution in [0, 0.1) is 12.8 Å². The van der Waals surface area contributed by atoms with Gasteiger partial charge in [-0.25, -0.2) is 13.4 Å². The second-order valence-corrected chi connectivity index (χ2v) is 11.1. The number of hydrogen-bond donors (Lipinski definition) is 1. The van der Waals surface area contributed by atoms with E-state index in [0.29, 0.717) is 29.9 Å². The molecule has 0 radical (unpaired) electrons. The Kier molecular flexibility index (Phi) is 7.37. The number of nitrogens with one attached hydrogen (secondary N) is 1. The number of aromatic nitrogens is 2. The number of aryl methyl sites for hydroxylation is 2. The third kappa shape index (κ3) is 5.33. The molecule has 0 saturated carbocycles. The number of rotatable bonds is 5. The molecule has 1 aromatic heterocycles. The fourth-order valence-electron chi connectivity index (χ4n) is 4.54. The van der Waals surface area contributed by atoms with Crippen LogP contribution in [0.2, 0.25) is 0 Å². The minimum Gasteiger partial charge on any atom is -0.339 e. The maximum Gasteiger partial charge on any atom is 0.262 e. The molecule has 10 heteroatoms. The Labute approximate surface area is 201 Å². The highest BCUT2D eigenvalue weighted by Crippen LogP contribution is 2.25. The molecule has 2 fully saturated rings. The number of benzene rings is 1. The van der Waals surface area contributed by atoms with Gasteiger partial charge < -0.3 is 14.8 Å². The summed E-state index contributed by atoms with van der Waals surface area (Å²) >= 11 is 0. The number of sulfonamides is 1. The fourth-order valence-corrected chi connectivity index (χ4v) is 6.03. The predicted octanol–water partition coefficient (Wildman–Crippen LogP) is 2.78. The summed E-state index contributed by atoms with van der Waals surface area (Å²) in [5, 5.41) is 2.96. The van der Waals surface area contributed by atoms with Crippen LogP contribution in [0.5, 0.6) is 0 Å². The normalized spacial score (nSPS) is 18.5. The zero-order chi connectivity index (χ0) is 24.3. The fraction of sp³-hybridized carbons (Fsp3) is 0.542. The van der Waals surface area contributed by atoms with Crippen molar-refractivity contribution in [3.05, 3.63) is 41.9 Å². The minimum absolute atomic E-state index is 0.0384. The minimum atomic E-state index is -3.66. The quantitative estimate of drug-likeness (QED) is 0.698. The summed E-state index contributed by atoms with van der Waals surface area (Å²) in [7, 11) is -1.90. The van der Waals surface area contributed by atoms with Gasteiger partial charge in [-0.05, 0) is 56.9 Å². The number of nitrogens with zero attached hydrogens (tertiary/aromatic N) is 4. The molecule has 9 nitrogen and oxygen atoms in total. The Balaban J connectivity index is 1.31. The molecule has 2 aliphatic rings. The molecule has 2 aliphatic heterocycles. The Morgan fingerprint density at radius 1 is 0.971 bits per heavy atom. The van der Waals surface area contributed by atoms with Crippen LogP contribution in [-0.2, 0) is 21.9 Å². The van der Waals surface area contributed by atoms with E-state index in [0.717, 1.165) is 25.9 Å². The zero-order valence-electron chi connectivity index (χ0n) is 19.9. The average molecular weight is 488 g/mol. The van der Waals surface area contributed by atoms with E-state index in [1.807, 2.05) is 4.90 Å². The Morgan fingerprint density at radius 2 is 1.59 bits per heavy atom. The van der Waals surface area contributed by atoms with E-state index in [1.165, 1.54) is 23.3 Å². The highest BCUT2D eigenvalue weighted by atomic mass is 32.2. The lowest BCUT2D eigenvalue weighted by Gasteiger charge is -2.30. The van der Waals surface area contributed by atoms with Crippen molar-refractivity contribution in [3.63, 3.8) is 0 Å².